The predicted octanol–water partition coefficient (Wildman–Crippen LogP) is 6.41. The minimum atomic E-state index is -0.826. The maximum absolute atomic E-state index is 4.93. The number of hydrogen-bond donors (Lipinski definition) is 0. The van der Waals surface area contributed by atoms with Crippen molar-refractivity contribution in [2.24, 2.45) is 0 Å². The zero-order valence-corrected chi connectivity index (χ0v) is 34.7. The van der Waals surface area contributed by atoms with Gasteiger partial charge in [-0.2, -0.15) is 12.2 Å². The first-order valence-electron chi connectivity index (χ1n) is 13.1. The molecule has 4 aromatic rings. The van der Waals surface area contributed by atoms with Crippen LogP contribution in [0.5, 0.6) is 0 Å². The Hall–Kier alpha value is -1.23. The van der Waals surface area contributed by atoms with Crippen LogP contribution in [0.1, 0.15) is 46.9 Å². The van der Waals surface area contributed by atoms with Crippen LogP contribution in [0, 0.1) is 41.9 Å². The minimum Gasteiger partial charge on any atom is -0.0619 e. The van der Waals surface area contributed by atoms with Crippen LogP contribution in [0.4, 0.5) is 0 Å². The molecule has 8 rings (SSSR count). The average molecular weight is 845 g/mol. The molecule has 0 saturated carbocycles. The molecular weight excluding hydrogens is 805 g/mol. The monoisotopic (exact) mass is 840 g/mol. The van der Waals surface area contributed by atoms with E-state index in [1.807, 2.05) is 24.3 Å². The summed E-state index contributed by atoms with van der Waals surface area (Å²) in [6, 6.07) is 35.8. The first-order valence-corrected chi connectivity index (χ1v) is 19.4. The Balaban J connectivity index is -0.000000791. The van der Waals surface area contributed by atoms with E-state index in [0.29, 0.717) is 11.8 Å². The van der Waals surface area contributed by atoms with Crippen LogP contribution in [0.3, 0.4) is 0 Å². The van der Waals surface area contributed by atoms with Gasteiger partial charge in [0.1, 0.15) is 0 Å². The van der Waals surface area contributed by atoms with E-state index in [1.54, 1.807) is 0 Å². The van der Waals surface area contributed by atoms with Crippen molar-refractivity contribution in [3.63, 3.8) is 0 Å². The molecule has 0 saturated heterocycles. The Morgan fingerprint density at radius 1 is 0.478 bits per heavy atom. The molecule has 0 radical (unpaired) electrons. The first-order chi connectivity index (χ1) is 19.3. The van der Waals surface area contributed by atoms with Gasteiger partial charge in [0.2, 0.25) is 0 Å². The molecule has 0 fully saturated rings. The Bertz CT molecular complexity index is 1320. The predicted molar refractivity (Wildman–Crippen MR) is 188 cm³/mol. The van der Waals surface area contributed by atoms with Gasteiger partial charge < -0.3 is 54.5 Å². The largest absolute Gasteiger partial charge is 2.00 e. The third-order valence-corrected chi connectivity index (χ3v) is 7.27. The molecule has 0 bridgehead atoms. The topological polar surface area (TPSA) is 0 Å². The minimum absolute atomic E-state index is 0. The fourth-order valence-electron chi connectivity index (χ4n) is 5.79. The zero-order valence-electron chi connectivity index (χ0n) is 26.8. The average Bonchev–Trinajstić information content (AvgIpc) is 3.81. The van der Waals surface area contributed by atoms with E-state index in [1.165, 1.54) is 44.5 Å². The quantitative estimate of drug-likeness (QED) is 0.195. The maximum atomic E-state index is 4.93. The van der Waals surface area contributed by atoms with Gasteiger partial charge >= 0.3 is 64.1 Å². The summed E-state index contributed by atoms with van der Waals surface area (Å²) in [5.74, 6) is 0.763. The normalized spacial score (nSPS) is 12.3. The fourth-order valence-corrected chi connectivity index (χ4v) is 5.79. The molecule has 0 atom stereocenters. The molecule has 0 unspecified atom stereocenters. The Morgan fingerprint density at radius 3 is 0.891 bits per heavy atom. The van der Waals surface area contributed by atoms with Crippen LogP contribution in [0.15, 0.2) is 134 Å². The molecule has 46 heavy (non-hydrogen) atoms. The van der Waals surface area contributed by atoms with Crippen molar-refractivity contribution in [1.82, 2.24) is 0 Å². The fraction of sp³-hybridized carbons (Fsp3) is 0.100. The summed E-state index contributed by atoms with van der Waals surface area (Å²) < 4.78 is 0. The molecule has 0 spiro atoms. The number of fused-ring (bicyclic) bond motifs is 6. The second-order valence-electron chi connectivity index (χ2n) is 9.38. The zero-order chi connectivity index (χ0) is 26.9. The summed E-state index contributed by atoms with van der Waals surface area (Å²) in [5.41, 5.74) is 11.4. The van der Waals surface area contributed by atoms with E-state index < -0.39 is 20.8 Å². The van der Waals surface area contributed by atoms with Gasteiger partial charge in [-0.05, 0) is 44.5 Å². The van der Waals surface area contributed by atoms with Gasteiger partial charge in [-0.15, -0.1) is 12.8 Å². The number of benzene rings is 4. The van der Waals surface area contributed by atoms with Gasteiger partial charge in [-0.25, -0.2) is 24.3 Å². The number of rotatable bonds is 1. The van der Waals surface area contributed by atoms with Crippen LogP contribution in [-0.4, -0.2) is 0 Å². The third kappa shape index (κ3) is 11.4. The molecule has 0 aliphatic heterocycles. The van der Waals surface area contributed by atoms with Gasteiger partial charge in [0.25, 0.3) is 0 Å². The van der Waals surface area contributed by atoms with Crippen molar-refractivity contribution in [2.75, 3.05) is 0 Å². The molecule has 0 heterocycles. The van der Waals surface area contributed by atoms with Crippen molar-refractivity contribution in [1.29, 1.82) is 0 Å². The van der Waals surface area contributed by atoms with Crippen LogP contribution >= 0.6 is 17.0 Å². The van der Waals surface area contributed by atoms with Gasteiger partial charge in [0.15, 0.2) is 0 Å². The molecule has 0 nitrogen and oxygen atoms in total. The smallest absolute Gasteiger partial charge is 0.0619 e. The van der Waals surface area contributed by atoms with Crippen molar-refractivity contribution in [3.05, 3.63) is 198 Å². The SMILES string of the molecule is [C-]1=CC=CC1.[C-]1=CC=CC1.[CH3-].[CH3-].[CH3-].[CH3-].[Cl-].[Cl-].[Cl][Zr+2][Cl].[Zr+2].c1ccc2c(c1)-c1ccccc1C2C1c2ccccc2-c2ccccc21. The molecular formula is C40H40Cl4Zr2-4. The molecule has 0 amide bonds. The standard InChI is InChI=1S/C26H18.2C5H5.4CH3.4ClH.2Zr/c1-5-13-21-17(9-1)18-10-2-6-14-22(18)25(21)26-23-15-7-3-11-19(23)20-12-4-8-16-24(20)26;2*1-2-4-5-3-1;;;;;;;;;;/h1-16,25-26H;2*1-3H,4H2;4*1H3;4*1H;;/q;6*-1;;;;;+2;+4/p-4. The molecule has 0 N–H and O–H groups in total. The van der Waals surface area contributed by atoms with E-state index >= 15 is 0 Å². The van der Waals surface area contributed by atoms with Crippen LogP contribution in [-0.2, 0) is 47.1 Å². The Morgan fingerprint density at radius 2 is 0.717 bits per heavy atom. The maximum Gasteiger partial charge on any atom is 2.00 e. The van der Waals surface area contributed by atoms with E-state index in [0.717, 1.165) is 12.8 Å². The third-order valence-electron chi connectivity index (χ3n) is 7.27. The second kappa shape index (κ2) is 25.7. The Kier molecular flexibility index (Phi) is 27.5. The van der Waals surface area contributed by atoms with Gasteiger partial charge in [0.05, 0.1) is 0 Å². The summed E-state index contributed by atoms with van der Waals surface area (Å²) in [4.78, 5) is 0. The molecule has 0 aromatic heterocycles. The molecule has 240 valence electrons. The summed E-state index contributed by atoms with van der Waals surface area (Å²) in [6.45, 7) is 0. The molecule has 4 aliphatic rings. The van der Waals surface area contributed by atoms with Crippen molar-refractivity contribution in [2.45, 2.75) is 24.7 Å². The van der Waals surface area contributed by atoms with E-state index in [2.05, 4.69) is 121 Å². The van der Waals surface area contributed by atoms with Gasteiger partial charge in [0, 0.05) is 11.8 Å². The van der Waals surface area contributed by atoms with E-state index in [4.69, 9.17) is 17.0 Å². The molecule has 4 aliphatic carbocycles. The van der Waals surface area contributed by atoms with Gasteiger partial charge in [-0.1, -0.05) is 97.1 Å². The van der Waals surface area contributed by atoms with Crippen molar-refractivity contribution >= 4 is 17.0 Å². The van der Waals surface area contributed by atoms with Crippen LogP contribution in [0.25, 0.3) is 22.3 Å². The van der Waals surface area contributed by atoms with E-state index in [9.17, 15) is 0 Å². The first kappa shape index (κ1) is 49.2. The number of hydrogen-bond acceptors (Lipinski definition) is 0. The number of allylic oxidation sites excluding steroid dienone is 8. The van der Waals surface area contributed by atoms with Crippen molar-refractivity contribution < 1.29 is 71.9 Å². The second-order valence-corrected chi connectivity index (χ2v) is 13.1. The molecule has 6 heteroatoms. The summed E-state index contributed by atoms with van der Waals surface area (Å²) in [7, 11) is 9.87. The molecule has 4 aromatic carbocycles. The summed E-state index contributed by atoms with van der Waals surface area (Å²) in [6.07, 6.45) is 20.0. The summed E-state index contributed by atoms with van der Waals surface area (Å²) >= 11 is -0.826. The number of halogens is 4. The Labute approximate surface area is 330 Å². The van der Waals surface area contributed by atoms with Crippen LogP contribution < -0.4 is 24.8 Å². The van der Waals surface area contributed by atoms with Crippen LogP contribution in [0.2, 0.25) is 0 Å². The summed E-state index contributed by atoms with van der Waals surface area (Å²) in [5, 5.41) is 0. The van der Waals surface area contributed by atoms with Crippen molar-refractivity contribution in [3.8, 4) is 22.3 Å². The van der Waals surface area contributed by atoms with E-state index in [-0.39, 0.29) is 80.7 Å². The van der Waals surface area contributed by atoms with Gasteiger partial charge in [-0.3, -0.25) is 12.2 Å².